The summed E-state index contributed by atoms with van der Waals surface area (Å²) in [5.41, 5.74) is 1.89. The van der Waals surface area contributed by atoms with Gasteiger partial charge in [-0.15, -0.1) is 11.3 Å². The molecule has 0 saturated heterocycles. The third-order valence-electron chi connectivity index (χ3n) is 5.06. The van der Waals surface area contributed by atoms with Crippen molar-refractivity contribution in [1.82, 2.24) is 4.90 Å². The summed E-state index contributed by atoms with van der Waals surface area (Å²) in [6.07, 6.45) is 0.634. The average molecular weight is 479 g/mol. The van der Waals surface area contributed by atoms with E-state index in [9.17, 15) is 19.2 Å². The molecule has 0 saturated carbocycles. The molecule has 0 unspecified atom stereocenters. The largest absolute Gasteiger partial charge is 0.452 e. The molecule has 176 valence electrons. The number of carbonyl (C=O) groups is 4. The Labute approximate surface area is 202 Å². The van der Waals surface area contributed by atoms with Crippen LogP contribution in [-0.2, 0) is 14.3 Å². The van der Waals surface area contributed by atoms with Gasteiger partial charge in [0.05, 0.1) is 17.0 Å². The number of nitrogens with zero attached hydrogens (tertiary/aromatic N) is 1. The van der Waals surface area contributed by atoms with E-state index in [1.807, 2.05) is 32.0 Å². The molecule has 0 spiro atoms. The smallest absolute Gasteiger partial charge is 0.339 e. The first-order chi connectivity index (χ1) is 16.4. The Bertz CT molecular complexity index is 1170. The molecule has 0 aliphatic heterocycles. The minimum Gasteiger partial charge on any atom is -0.452 e. The zero-order valence-electron chi connectivity index (χ0n) is 19.1. The minimum atomic E-state index is -0.769. The van der Waals surface area contributed by atoms with Gasteiger partial charge in [-0.05, 0) is 42.5 Å². The van der Waals surface area contributed by atoms with Crippen molar-refractivity contribution in [3.05, 3.63) is 87.6 Å². The molecule has 34 heavy (non-hydrogen) atoms. The molecule has 2 aromatic carbocycles. The van der Waals surface area contributed by atoms with Crippen molar-refractivity contribution in [1.29, 1.82) is 0 Å². The maximum atomic E-state index is 12.7. The zero-order chi connectivity index (χ0) is 24.5. The topological polar surface area (TPSA) is 92.8 Å². The number of anilines is 1. The van der Waals surface area contributed by atoms with Crippen molar-refractivity contribution >= 4 is 40.6 Å². The number of thiophene rings is 1. The van der Waals surface area contributed by atoms with E-state index in [0.717, 1.165) is 5.56 Å². The standard InChI is InChI=1S/C26H26N2O5S/c1-3-14-28(16-23(29)27-21-12-7-4-9-18(21)2)24(30)17-33-26(32)20-11-6-5-10-19(20)25(31)22-13-8-15-34-22/h4-13,15H,3,14,16-17H2,1-2H3,(H,27,29). The number of ketones is 1. The van der Waals surface area contributed by atoms with E-state index >= 15 is 0 Å². The molecule has 3 rings (SSSR count). The predicted octanol–water partition coefficient (Wildman–Crippen LogP) is 4.32. The number of nitrogens with one attached hydrogen (secondary N) is 1. The molecule has 8 heteroatoms. The second kappa shape index (κ2) is 11.9. The van der Waals surface area contributed by atoms with Gasteiger partial charge in [-0.25, -0.2) is 4.79 Å². The monoisotopic (exact) mass is 478 g/mol. The van der Waals surface area contributed by atoms with Gasteiger partial charge in [-0.1, -0.05) is 49.4 Å². The molecule has 0 radical (unpaired) electrons. The second-order valence-corrected chi connectivity index (χ2v) is 8.55. The third kappa shape index (κ3) is 6.39. The molecule has 1 aromatic heterocycles. The van der Waals surface area contributed by atoms with Gasteiger partial charge < -0.3 is 15.0 Å². The van der Waals surface area contributed by atoms with Crippen molar-refractivity contribution in [3.8, 4) is 0 Å². The number of ether oxygens (including phenoxy) is 1. The number of hydrogen-bond acceptors (Lipinski definition) is 6. The Balaban J connectivity index is 1.63. The van der Waals surface area contributed by atoms with Crippen LogP contribution in [0.1, 0.15) is 44.5 Å². The summed E-state index contributed by atoms with van der Waals surface area (Å²) in [5.74, 6) is -1.88. The number of hydrogen-bond donors (Lipinski definition) is 1. The van der Waals surface area contributed by atoms with E-state index in [0.29, 0.717) is 23.5 Å². The highest BCUT2D eigenvalue weighted by Crippen LogP contribution is 2.19. The minimum absolute atomic E-state index is 0.0908. The Hall–Kier alpha value is -3.78. The highest BCUT2D eigenvalue weighted by molar-refractivity contribution is 7.12. The second-order valence-electron chi connectivity index (χ2n) is 7.61. The molecular weight excluding hydrogens is 452 g/mol. The lowest BCUT2D eigenvalue weighted by Gasteiger charge is -2.22. The van der Waals surface area contributed by atoms with Gasteiger partial charge in [0.1, 0.15) is 0 Å². The number of amides is 2. The SMILES string of the molecule is CCCN(CC(=O)Nc1ccccc1C)C(=O)COC(=O)c1ccccc1C(=O)c1cccs1. The quantitative estimate of drug-likeness (QED) is 0.346. The van der Waals surface area contributed by atoms with E-state index in [1.165, 1.54) is 22.3 Å². The first kappa shape index (κ1) is 24.9. The van der Waals surface area contributed by atoms with Crippen LogP contribution in [0, 0.1) is 6.92 Å². The molecule has 1 heterocycles. The molecule has 1 N–H and O–H groups in total. The third-order valence-corrected chi connectivity index (χ3v) is 5.93. The summed E-state index contributed by atoms with van der Waals surface area (Å²) in [5, 5.41) is 4.58. The van der Waals surface area contributed by atoms with E-state index < -0.39 is 18.5 Å². The van der Waals surface area contributed by atoms with Crippen molar-refractivity contribution in [2.75, 3.05) is 25.0 Å². The Kier molecular flexibility index (Phi) is 8.70. The van der Waals surface area contributed by atoms with E-state index in [-0.39, 0.29) is 29.4 Å². The summed E-state index contributed by atoms with van der Waals surface area (Å²) in [4.78, 5) is 52.5. The summed E-state index contributed by atoms with van der Waals surface area (Å²) in [7, 11) is 0. The lowest BCUT2D eigenvalue weighted by molar-refractivity contribution is -0.137. The van der Waals surface area contributed by atoms with Crippen LogP contribution in [0.2, 0.25) is 0 Å². The average Bonchev–Trinajstić information content (AvgIpc) is 3.38. The van der Waals surface area contributed by atoms with E-state index in [4.69, 9.17) is 4.74 Å². The van der Waals surface area contributed by atoms with Gasteiger partial charge in [0.2, 0.25) is 11.7 Å². The fourth-order valence-electron chi connectivity index (χ4n) is 3.33. The number of carbonyl (C=O) groups excluding carboxylic acids is 4. The van der Waals surface area contributed by atoms with Crippen molar-refractivity contribution < 1.29 is 23.9 Å². The predicted molar refractivity (Wildman–Crippen MR) is 131 cm³/mol. The molecule has 3 aromatic rings. The van der Waals surface area contributed by atoms with Gasteiger partial charge in [0, 0.05) is 17.8 Å². The lowest BCUT2D eigenvalue weighted by atomic mass is 10.0. The number of rotatable bonds is 10. The highest BCUT2D eigenvalue weighted by Gasteiger charge is 2.22. The number of esters is 1. The molecular formula is C26H26N2O5S. The van der Waals surface area contributed by atoms with Crippen molar-refractivity contribution in [2.45, 2.75) is 20.3 Å². The van der Waals surface area contributed by atoms with Crippen LogP contribution in [-0.4, -0.2) is 48.2 Å². The molecule has 0 atom stereocenters. The Morgan fingerprint density at radius 3 is 2.32 bits per heavy atom. The van der Waals surface area contributed by atoms with Gasteiger partial charge in [-0.3, -0.25) is 14.4 Å². The normalized spacial score (nSPS) is 10.4. The molecule has 0 aliphatic carbocycles. The lowest BCUT2D eigenvalue weighted by Crippen LogP contribution is -2.40. The number of para-hydroxylation sites is 1. The molecule has 0 fully saturated rings. The van der Waals surface area contributed by atoms with Gasteiger partial charge in [0.15, 0.2) is 6.61 Å². The van der Waals surface area contributed by atoms with Crippen LogP contribution in [0.5, 0.6) is 0 Å². The zero-order valence-corrected chi connectivity index (χ0v) is 19.9. The summed E-state index contributed by atoms with van der Waals surface area (Å²) >= 11 is 1.28. The van der Waals surface area contributed by atoms with Crippen LogP contribution in [0.3, 0.4) is 0 Å². The summed E-state index contributed by atoms with van der Waals surface area (Å²) in [6.45, 7) is 3.41. The van der Waals surface area contributed by atoms with Crippen LogP contribution in [0.25, 0.3) is 0 Å². The van der Waals surface area contributed by atoms with E-state index in [1.54, 1.807) is 41.8 Å². The van der Waals surface area contributed by atoms with Gasteiger partial charge in [0.25, 0.3) is 5.91 Å². The first-order valence-corrected chi connectivity index (χ1v) is 11.8. The van der Waals surface area contributed by atoms with Crippen LogP contribution >= 0.6 is 11.3 Å². The molecule has 0 bridgehead atoms. The fourth-order valence-corrected chi connectivity index (χ4v) is 4.01. The molecule has 2 amide bonds. The van der Waals surface area contributed by atoms with Gasteiger partial charge in [-0.2, -0.15) is 0 Å². The summed E-state index contributed by atoms with van der Waals surface area (Å²) < 4.78 is 5.23. The van der Waals surface area contributed by atoms with Gasteiger partial charge >= 0.3 is 5.97 Å². The van der Waals surface area contributed by atoms with Crippen LogP contribution in [0.4, 0.5) is 5.69 Å². The van der Waals surface area contributed by atoms with Crippen LogP contribution < -0.4 is 5.32 Å². The maximum absolute atomic E-state index is 12.7. The van der Waals surface area contributed by atoms with Crippen molar-refractivity contribution in [2.24, 2.45) is 0 Å². The fraction of sp³-hybridized carbons (Fsp3) is 0.231. The Morgan fingerprint density at radius 2 is 1.65 bits per heavy atom. The summed E-state index contributed by atoms with van der Waals surface area (Å²) in [6, 6.07) is 17.1. The van der Waals surface area contributed by atoms with Crippen LogP contribution in [0.15, 0.2) is 66.0 Å². The molecule has 0 aliphatic rings. The number of benzene rings is 2. The number of aryl methyl sites for hydroxylation is 1. The first-order valence-electron chi connectivity index (χ1n) is 10.9. The molecule has 7 nitrogen and oxygen atoms in total. The Morgan fingerprint density at radius 1 is 0.941 bits per heavy atom. The van der Waals surface area contributed by atoms with E-state index in [2.05, 4.69) is 5.32 Å². The van der Waals surface area contributed by atoms with Crippen molar-refractivity contribution in [3.63, 3.8) is 0 Å². The maximum Gasteiger partial charge on any atom is 0.339 e. The highest BCUT2D eigenvalue weighted by atomic mass is 32.1.